The largest absolute Gasteiger partial charge is 0.333 e. The normalized spacial score (nSPS) is 20.7. The summed E-state index contributed by atoms with van der Waals surface area (Å²) in [4.78, 5) is 12.3. The predicted octanol–water partition coefficient (Wildman–Crippen LogP) is 2.09. The lowest BCUT2D eigenvalue weighted by atomic mass is 9.98. The number of imidazole rings is 1. The molecule has 0 bridgehead atoms. The van der Waals surface area contributed by atoms with Gasteiger partial charge in [0.05, 0.1) is 5.69 Å². The van der Waals surface area contributed by atoms with Gasteiger partial charge in [0.1, 0.15) is 11.5 Å². The van der Waals surface area contributed by atoms with E-state index < -0.39 is 0 Å². The van der Waals surface area contributed by atoms with Crippen LogP contribution in [-0.4, -0.2) is 62.4 Å². The van der Waals surface area contributed by atoms with E-state index in [1.807, 2.05) is 22.9 Å². The van der Waals surface area contributed by atoms with Gasteiger partial charge in [0.25, 0.3) is 0 Å². The van der Waals surface area contributed by atoms with E-state index in [0.717, 1.165) is 74.4 Å². The Kier molecular flexibility index (Phi) is 4.70. The summed E-state index contributed by atoms with van der Waals surface area (Å²) in [5, 5.41) is 8.39. The minimum atomic E-state index is 0.382. The van der Waals surface area contributed by atoms with E-state index in [4.69, 9.17) is 15.1 Å². The molecule has 0 amide bonds. The third-order valence-corrected chi connectivity index (χ3v) is 5.76. The molecule has 1 N–H and O–H groups in total. The number of aromatic nitrogens is 5. The van der Waals surface area contributed by atoms with Crippen LogP contribution in [0.5, 0.6) is 0 Å². The second-order valence-corrected chi connectivity index (χ2v) is 7.88. The molecule has 7 nitrogen and oxygen atoms in total. The van der Waals surface area contributed by atoms with Crippen LogP contribution in [0.1, 0.15) is 30.4 Å². The summed E-state index contributed by atoms with van der Waals surface area (Å²) in [6.45, 7) is 5.07. The number of piperidine rings is 1. The van der Waals surface area contributed by atoms with Crippen molar-refractivity contribution in [2.45, 2.75) is 31.7 Å². The molecule has 28 heavy (non-hydrogen) atoms. The minimum absolute atomic E-state index is 0.382. The fourth-order valence-corrected chi connectivity index (χ4v) is 4.27. The maximum atomic E-state index is 5.02. The van der Waals surface area contributed by atoms with Crippen LogP contribution < -0.4 is 5.32 Å². The summed E-state index contributed by atoms with van der Waals surface area (Å²) in [5.41, 5.74) is 1.95. The van der Waals surface area contributed by atoms with Gasteiger partial charge in [-0.3, -0.25) is 0 Å². The fourth-order valence-electron chi connectivity index (χ4n) is 4.27. The van der Waals surface area contributed by atoms with Gasteiger partial charge in [0.15, 0.2) is 11.6 Å². The maximum absolute atomic E-state index is 5.02. The second kappa shape index (κ2) is 7.48. The number of fused-ring (bicyclic) bond motifs is 1. The van der Waals surface area contributed by atoms with Crippen LogP contribution in [-0.2, 0) is 13.0 Å². The lowest BCUT2D eigenvalue weighted by Gasteiger charge is -2.27. The first kappa shape index (κ1) is 17.6. The van der Waals surface area contributed by atoms with Crippen molar-refractivity contribution in [3.8, 4) is 17.2 Å². The summed E-state index contributed by atoms with van der Waals surface area (Å²) >= 11 is 0. The van der Waals surface area contributed by atoms with Crippen LogP contribution in [0.15, 0.2) is 36.5 Å². The molecule has 1 fully saturated rings. The molecule has 4 heterocycles. The predicted molar refractivity (Wildman–Crippen MR) is 109 cm³/mol. The van der Waals surface area contributed by atoms with E-state index in [0.29, 0.717) is 5.92 Å². The average Bonchev–Trinajstić information content (AvgIpc) is 3.28. The molecule has 2 aromatic heterocycles. The molecular formula is C21H27N7. The van der Waals surface area contributed by atoms with Crippen molar-refractivity contribution < 1.29 is 0 Å². The van der Waals surface area contributed by atoms with E-state index in [-0.39, 0.29) is 0 Å². The summed E-state index contributed by atoms with van der Waals surface area (Å²) in [6.07, 6.45) is 5.43. The van der Waals surface area contributed by atoms with Gasteiger partial charge in [-0.05, 0) is 38.6 Å². The number of likely N-dealkylation sites (tertiary alicyclic amines) is 1. The van der Waals surface area contributed by atoms with Gasteiger partial charge in [-0.2, -0.15) is 5.10 Å². The molecule has 146 valence electrons. The SMILES string of the molecule is CN1CCCC(c2nc(-c3cn4c(n3)CCNCC4)n(-c3ccccc3)n2)C1. The molecule has 1 saturated heterocycles. The number of rotatable bonds is 3. The van der Waals surface area contributed by atoms with Gasteiger partial charge in [0.2, 0.25) is 0 Å². The molecule has 1 atom stereocenters. The fraction of sp³-hybridized carbons (Fsp3) is 0.476. The Morgan fingerprint density at radius 3 is 2.82 bits per heavy atom. The first-order valence-electron chi connectivity index (χ1n) is 10.3. The van der Waals surface area contributed by atoms with Crippen LogP contribution in [0, 0.1) is 0 Å². The maximum Gasteiger partial charge on any atom is 0.183 e. The Morgan fingerprint density at radius 1 is 1.07 bits per heavy atom. The summed E-state index contributed by atoms with van der Waals surface area (Å²) in [6, 6.07) is 10.3. The minimum Gasteiger partial charge on any atom is -0.333 e. The molecule has 2 aliphatic rings. The standard InChI is InChI=1S/C21H27N7/c1-26-12-5-6-16(14-26)20-24-21(28(25-20)17-7-3-2-4-8-17)18-15-27-13-11-22-10-9-19(27)23-18/h2-4,7-8,15-16,22H,5-6,9-14H2,1H3. The summed E-state index contributed by atoms with van der Waals surface area (Å²) < 4.78 is 4.23. The number of hydrogen-bond acceptors (Lipinski definition) is 5. The van der Waals surface area contributed by atoms with Gasteiger partial charge < -0.3 is 14.8 Å². The summed E-state index contributed by atoms with van der Waals surface area (Å²) in [5.74, 6) is 3.30. The average molecular weight is 377 g/mol. The third kappa shape index (κ3) is 3.36. The number of nitrogens with one attached hydrogen (secondary N) is 1. The molecule has 1 unspecified atom stereocenters. The number of likely N-dealkylation sites (N-methyl/N-ethyl adjacent to an activating group) is 1. The Morgan fingerprint density at radius 2 is 1.96 bits per heavy atom. The Bertz CT molecular complexity index is 920. The monoisotopic (exact) mass is 377 g/mol. The van der Waals surface area contributed by atoms with E-state index >= 15 is 0 Å². The number of hydrogen-bond donors (Lipinski definition) is 1. The molecular weight excluding hydrogens is 350 g/mol. The molecule has 2 aliphatic heterocycles. The Hall–Kier alpha value is -2.51. The topological polar surface area (TPSA) is 63.8 Å². The van der Waals surface area contributed by atoms with Crippen LogP contribution in [0.2, 0.25) is 0 Å². The van der Waals surface area contributed by atoms with Crippen LogP contribution >= 0.6 is 0 Å². The van der Waals surface area contributed by atoms with E-state index in [1.54, 1.807) is 0 Å². The quantitative estimate of drug-likeness (QED) is 0.757. The van der Waals surface area contributed by atoms with Crippen molar-refractivity contribution in [3.63, 3.8) is 0 Å². The smallest absolute Gasteiger partial charge is 0.183 e. The van der Waals surface area contributed by atoms with E-state index in [9.17, 15) is 0 Å². The van der Waals surface area contributed by atoms with Gasteiger partial charge in [-0.1, -0.05) is 18.2 Å². The number of para-hydroxylation sites is 1. The molecule has 0 radical (unpaired) electrons. The highest BCUT2D eigenvalue weighted by Gasteiger charge is 2.26. The molecule has 0 spiro atoms. The summed E-state index contributed by atoms with van der Waals surface area (Å²) in [7, 11) is 2.18. The molecule has 0 saturated carbocycles. The molecule has 3 aromatic rings. The lowest BCUT2D eigenvalue weighted by Crippen LogP contribution is -2.31. The van der Waals surface area contributed by atoms with Gasteiger partial charge in [-0.25, -0.2) is 14.6 Å². The van der Waals surface area contributed by atoms with Crippen molar-refractivity contribution in [1.29, 1.82) is 0 Å². The third-order valence-electron chi connectivity index (χ3n) is 5.76. The van der Waals surface area contributed by atoms with Crippen LogP contribution in [0.3, 0.4) is 0 Å². The van der Waals surface area contributed by atoms with Gasteiger partial charge in [-0.15, -0.1) is 0 Å². The Labute approximate surface area is 165 Å². The highest BCUT2D eigenvalue weighted by atomic mass is 15.4. The van der Waals surface area contributed by atoms with Crippen molar-refractivity contribution in [3.05, 3.63) is 48.2 Å². The number of benzene rings is 1. The van der Waals surface area contributed by atoms with Crippen LogP contribution in [0.25, 0.3) is 17.2 Å². The van der Waals surface area contributed by atoms with Gasteiger partial charge >= 0.3 is 0 Å². The van der Waals surface area contributed by atoms with E-state index in [2.05, 4.69) is 40.2 Å². The van der Waals surface area contributed by atoms with Crippen molar-refractivity contribution >= 4 is 0 Å². The van der Waals surface area contributed by atoms with Crippen molar-refractivity contribution in [2.75, 3.05) is 33.2 Å². The number of nitrogens with zero attached hydrogens (tertiary/aromatic N) is 6. The Balaban J connectivity index is 1.58. The van der Waals surface area contributed by atoms with Gasteiger partial charge in [0, 0.05) is 44.7 Å². The van der Waals surface area contributed by atoms with Crippen molar-refractivity contribution in [2.24, 2.45) is 0 Å². The lowest BCUT2D eigenvalue weighted by molar-refractivity contribution is 0.246. The zero-order valence-corrected chi connectivity index (χ0v) is 16.4. The van der Waals surface area contributed by atoms with Crippen LogP contribution in [0.4, 0.5) is 0 Å². The molecule has 0 aliphatic carbocycles. The zero-order chi connectivity index (χ0) is 18.9. The first-order valence-corrected chi connectivity index (χ1v) is 10.3. The van der Waals surface area contributed by atoms with E-state index in [1.165, 1.54) is 6.42 Å². The van der Waals surface area contributed by atoms with Crippen molar-refractivity contribution in [1.82, 2.24) is 34.5 Å². The highest BCUT2D eigenvalue weighted by Crippen LogP contribution is 2.28. The first-order chi connectivity index (χ1) is 13.8. The second-order valence-electron chi connectivity index (χ2n) is 7.88. The highest BCUT2D eigenvalue weighted by molar-refractivity contribution is 5.53. The molecule has 1 aromatic carbocycles. The zero-order valence-electron chi connectivity index (χ0n) is 16.4. The molecule has 5 rings (SSSR count). The molecule has 7 heteroatoms.